The number of hydrogen-bond acceptors (Lipinski definition) is 0. The molecule has 0 aliphatic carbocycles. The fourth-order valence-electron chi connectivity index (χ4n) is 2.72. The molecular formula is C27H32I4. The molecule has 0 radical (unpaired) electrons. The van der Waals surface area contributed by atoms with Crippen molar-refractivity contribution in [2.45, 2.75) is 34.5 Å². The van der Waals surface area contributed by atoms with Crippen LogP contribution in [0.25, 0.3) is 6.08 Å². The number of alkyl halides is 4. The molecule has 2 unspecified atom stereocenters. The molecule has 168 valence electrons. The lowest BCUT2D eigenvalue weighted by Gasteiger charge is -2.13. The molecule has 3 aromatic rings. The maximum atomic E-state index is 3.63. The van der Waals surface area contributed by atoms with E-state index in [9.17, 15) is 0 Å². The topological polar surface area (TPSA) is 0 Å². The highest BCUT2D eigenvalue weighted by Crippen LogP contribution is 2.33. The molecule has 0 fully saturated rings. The van der Waals surface area contributed by atoms with Gasteiger partial charge in [-0.25, -0.2) is 0 Å². The molecule has 3 aromatic carbocycles. The predicted molar refractivity (Wildman–Crippen MR) is 176 cm³/mol. The van der Waals surface area contributed by atoms with E-state index >= 15 is 0 Å². The van der Waals surface area contributed by atoms with Crippen LogP contribution in [0, 0.1) is 0 Å². The minimum Gasteiger partial charge on any atom is -0.0985 e. The summed E-state index contributed by atoms with van der Waals surface area (Å²) >= 11 is 9.68. The van der Waals surface area contributed by atoms with E-state index < -0.39 is 0 Å². The lowest BCUT2D eigenvalue weighted by molar-refractivity contribution is 0.683. The van der Waals surface area contributed by atoms with Crippen LogP contribution < -0.4 is 0 Å². The highest BCUT2D eigenvalue weighted by molar-refractivity contribution is 14.2. The van der Waals surface area contributed by atoms with Crippen molar-refractivity contribution in [2.75, 3.05) is 2.43 Å². The normalized spacial score (nSPS) is 11.4. The van der Waals surface area contributed by atoms with Gasteiger partial charge in [-0.3, -0.25) is 0 Å². The van der Waals surface area contributed by atoms with Gasteiger partial charge in [0.15, 0.2) is 0 Å². The van der Waals surface area contributed by atoms with Gasteiger partial charge in [0, 0.05) is 7.85 Å². The van der Waals surface area contributed by atoms with Gasteiger partial charge in [0.05, 0.1) is 2.43 Å². The lowest BCUT2D eigenvalue weighted by atomic mass is 10.0. The van der Waals surface area contributed by atoms with Gasteiger partial charge in [-0.05, 0) is 29.5 Å². The van der Waals surface area contributed by atoms with Crippen molar-refractivity contribution < 1.29 is 0 Å². The molecule has 3 rings (SSSR count). The van der Waals surface area contributed by atoms with Gasteiger partial charge in [-0.2, -0.15) is 0 Å². The monoisotopic (exact) mass is 864 g/mol. The van der Waals surface area contributed by atoms with E-state index in [0.717, 1.165) is 0 Å². The van der Waals surface area contributed by atoms with Crippen molar-refractivity contribution in [3.05, 3.63) is 114 Å². The Morgan fingerprint density at radius 2 is 0.968 bits per heavy atom. The molecule has 0 spiro atoms. The van der Waals surface area contributed by atoms with Crippen LogP contribution in [0.1, 0.15) is 51.2 Å². The third-order valence-corrected chi connectivity index (χ3v) is 6.96. The van der Waals surface area contributed by atoms with E-state index in [2.05, 4.69) is 158 Å². The second kappa shape index (κ2) is 20.9. The molecule has 0 saturated carbocycles. The average molecular weight is 864 g/mol. The molecule has 0 bridgehead atoms. The van der Waals surface area contributed by atoms with Crippen LogP contribution >= 0.6 is 90.4 Å². The zero-order valence-electron chi connectivity index (χ0n) is 16.9. The van der Waals surface area contributed by atoms with Crippen molar-refractivity contribution in [3.63, 3.8) is 0 Å². The van der Waals surface area contributed by atoms with Gasteiger partial charge in [-0.1, -0.05) is 208 Å². The molecule has 0 heterocycles. The van der Waals surface area contributed by atoms with E-state index in [4.69, 9.17) is 0 Å². The molecule has 0 aliphatic rings. The maximum Gasteiger partial charge on any atom is 0.0516 e. The standard InChI is InChI=1S/C17H18I2.C8H8.CH2I2.CH4/c18-16(14-8-3-1-4-9-14)12-7-13-17(19)15-10-5-2-6-11-15;1-2-8-6-4-3-5-7-8;2-1-3;/h1-6,8-11,16-17H,7,12-13H2;2-7H,1H2;1H2;1H4. The Balaban J connectivity index is 0.000000626. The SMILES string of the molecule is C.C=Cc1ccccc1.IC(CCCC(I)c1ccccc1)c1ccccc1.ICI. The van der Waals surface area contributed by atoms with Gasteiger partial charge in [-0.15, -0.1) is 0 Å². The molecule has 4 heteroatoms. The molecule has 0 nitrogen and oxygen atoms in total. The van der Waals surface area contributed by atoms with Crippen LogP contribution in [0.2, 0.25) is 0 Å². The molecule has 0 saturated heterocycles. The minimum atomic E-state index is 0. The first kappa shape index (κ1) is 31.3. The first-order chi connectivity index (χ1) is 14.6. The van der Waals surface area contributed by atoms with Gasteiger partial charge in [0.1, 0.15) is 0 Å². The fraction of sp³-hybridized carbons (Fsp3) is 0.259. The third-order valence-electron chi connectivity index (χ3n) is 4.27. The third kappa shape index (κ3) is 15.0. The Labute approximate surface area is 244 Å². The zero-order chi connectivity index (χ0) is 22.0. The van der Waals surface area contributed by atoms with E-state index in [0.29, 0.717) is 7.85 Å². The summed E-state index contributed by atoms with van der Waals surface area (Å²) in [5, 5.41) is 0. The highest BCUT2D eigenvalue weighted by Gasteiger charge is 2.10. The Morgan fingerprint density at radius 1 is 0.645 bits per heavy atom. The van der Waals surface area contributed by atoms with Crippen LogP contribution in [0.3, 0.4) is 0 Å². The Morgan fingerprint density at radius 3 is 1.26 bits per heavy atom. The van der Waals surface area contributed by atoms with E-state index in [1.165, 1.54) is 38.4 Å². The van der Waals surface area contributed by atoms with Crippen molar-refractivity contribution in [1.29, 1.82) is 0 Å². The maximum absolute atomic E-state index is 3.63. The highest BCUT2D eigenvalue weighted by atomic mass is 127. The summed E-state index contributed by atoms with van der Waals surface area (Å²) < 4.78 is 2.46. The van der Waals surface area contributed by atoms with Crippen molar-refractivity contribution >= 4 is 96.4 Å². The molecule has 0 aromatic heterocycles. The summed E-state index contributed by atoms with van der Waals surface area (Å²) in [4.78, 5) is 0. The molecule has 31 heavy (non-hydrogen) atoms. The fourth-order valence-corrected chi connectivity index (χ4v) is 4.43. The Bertz CT molecular complexity index is 731. The van der Waals surface area contributed by atoms with Gasteiger partial charge in [0.2, 0.25) is 0 Å². The quantitative estimate of drug-likeness (QED) is 0.164. The molecular weight excluding hydrogens is 832 g/mol. The summed E-state index contributed by atoms with van der Waals surface area (Å²) in [7, 11) is 0. The van der Waals surface area contributed by atoms with Gasteiger partial charge in [0.25, 0.3) is 0 Å². The summed E-state index contributed by atoms with van der Waals surface area (Å²) in [5.41, 5.74) is 4.08. The minimum absolute atomic E-state index is 0. The Hall–Kier alpha value is 0.320. The Kier molecular flexibility index (Phi) is 21.1. The number of halogens is 4. The zero-order valence-corrected chi connectivity index (χ0v) is 25.6. The summed E-state index contributed by atoms with van der Waals surface area (Å²) in [6, 6.07) is 31.7. The number of rotatable bonds is 7. The van der Waals surface area contributed by atoms with Crippen LogP contribution in [0.4, 0.5) is 0 Å². The number of benzene rings is 3. The predicted octanol–water partition coefficient (Wildman–Crippen LogP) is 11.3. The van der Waals surface area contributed by atoms with Crippen molar-refractivity contribution in [3.8, 4) is 0 Å². The van der Waals surface area contributed by atoms with Crippen LogP contribution in [0.5, 0.6) is 0 Å². The number of hydrogen-bond donors (Lipinski definition) is 0. The van der Waals surface area contributed by atoms with Crippen molar-refractivity contribution in [1.82, 2.24) is 0 Å². The van der Waals surface area contributed by atoms with Crippen molar-refractivity contribution in [2.24, 2.45) is 0 Å². The molecule has 0 N–H and O–H groups in total. The molecule has 0 amide bonds. The van der Waals surface area contributed by atoms with E-state index in [1.807, 2.05) is 36.4 Å². The smallest absolute Gasteiger partial charge is 0.0516 e. The summed E-state index contributed by atoms with van der Waals surface area (Å²) in [6.07, 6.45) is 5.64. The molecule has 2 atom stereocenters. The van der Waals surface area contributed by atoms with Gasteiger partial charge >= 0.3 is 0 Å². The van der Waals surface area contributed by atoms with Crippen LogP contribution in [-0.4, -0.2) is 2.43 Å². The van der Waals surface area contributed by atoms with Crippen LogP contribution in [-0.2, 0) is 0 Å². The second-order valence-corrected chi connectivity index (χ2v) is 13.9. The molecule has 0 aliphatic heterocycles. The summed E-state index contributed by atoms with van der Waals surface area (Å²) in [5.74, 6) is 0. The summed E-state index contributed by atoms with van der Waals surface area (Å²) in [6.45, 7) is 3.63. The average Bonchev–Trinajstić information content (AvgIpc) is 2.81. The van der Waals surface area contributed by atoms with E-state index in [-0.39, 0.29) is 7.43 Å². The lowest BCUT2D eigenvalue weighted by Crippen LogP contribution is -1.93. The first-order valence-corrected chi connectivity index (χ1v) is 15.3. The van der Waals surface area contributed by atoms with E-state index in [1.54, 1.807) is 0 Å². The second-order valence-electron chi connectivity index (χ2n) is 6.40. The largest absolute Gasteiger partial charge is 0.0985 e. The first-order valence-electron chi connectivity index (χ1n) is 9.79. The van der Waals surface area contributed by atoms with Crippen LogP contribution in [0.15, 0.2) is 97.6 Å². The van der Waals surface area contributed by atoms with Gasteiger partial charge < -0.3 is 0 Å².